The van der Waals surface area contributed by atoms with Crippen molar-refractivity contribution < 1.29 is 9.53 Å². The summed E-state index contributed by atoms with van der Waals surface area (Å²) in [5.41, 5.74) is 9.12. The Bertz CT molecular complexity index is 652. The first-order chi connectivity index (χ1) is 10.3. The molecule has 0 spiro atoms. The number of carbonyl (C=O) groups excluding carboxylic acids is 1. The number of azide groups is 1. The fourth-order valence-electron chi connectivity index (χ4n) is 1.75. The Morgan fingerprint density at radius 2 is 1.86 bits per heavy atom. The van der Waals surface area contributed by atoms with Crippen molar-refractivity contribution in [1.82, 2.24) is 5.32 Å². The summed E-state index contributed by atoms with van der Waals surface area (Å²) >= 11 is 0. The van der Waals surface area contributed by atoms with Crippen LogP contribution in [0.4, 0.5) is 5.69 Å². The first-order valence-electron chi connectivity index (χ1n) is 6.41. The molecule has 0 aliphatic rings. The van der Waals surface area contributed by atoms with Crippen molar-refractivity contribution in [3.05, 3.63) is 70.6 Å². The van der Waals surface area contributed by atoms with Gasteiger partial charge in [0.2, 0.25) is 0 Å². The summed E-state index contributed by atoms with van der Waals surface area (Å²) in [6.45, 7) is 0.720. The summed E-state index contributed by atoms with van der Waals surface area (Å²) < 4.78 is 5.47. The number of ether oxygens (including phenoxy) is 1. The summed E-state index contributed by atoms with van der Waals surface area (Å²) in [5.74, 6) is 0.455. The van der Waals surface area contributed by atoms with E-state index in [1.54, 1.807) is 24.3 Å². The van der Waals surface area contributed by atoms with E-state index < -0.39 is 0 Å². The highest BCUT2D eigenvalue weighted by atomic mass is 16.5. The average Bonchev–Trinajstić information content (AvgIpc) is 2.53. The van der Waals surface area contributed by atoms with Gasteiger partial charge in [-0.1, -0.05) is 41.5 Å². The van der Waals surface area contributed by atoms with Crippen LogP contribution in [0.25, 0.3) is 10.4 Å². The molecule has 0 aliphatic carbocycles. The van der Waals surface area contributed by atoms with Crippen LogP contribution in [0.15, 0.2) is 59.7 Å². The van der Waals surface area contributed by atoms with Crippen LogP contribution in [0.2, 0.25) is 0 Å². The summed E-state index contributed by atoms with van der Waals surface area (Å²) in [6, 6.07) is 16.0. The SMILES string of the molecule is [N-]=[N+]=Nc1ccccc1C(=O)NCCOc1ccccc1. The van der Waals surface area contributed by atoms with E-state index >= 15 is 0 Å². The number of rotatable bonds is 6. The van der Waals surface area contributed by atoms with Gasteiger partial charge >= 0.3 is 0 Å². The highest BCUT2D eigenvalue weighted by Gasteiger charge is 2.08. The Morgan fingerprint density at radius 3 is 2.62 bits per heavy atom. The molecule has 0 saturated carbocycles. The Kier molecular flexibility index (Phi) is 5.20. The van der Waals surface area contributed by atoms with Gasteiger partial charge in [0.05, 0.1) is 12.2 Å². The lowest BCUT2D eigenvalue weighted by atomic mass is 10.1. The monoisotopic (exact) mass is 282 g/mol. The molecule has 0 bridgehead atoms. The lowest BCUT2D eigenvalue weighted by Gasteiger charge is -2.08. The molecule has 0 heterocycles. The average molecular weight is 282 g/mol. The molecule has 2 rings (SSSR count). The van der Waals surface area contributed by atoms with Gasteiger partial charge in [-0.2, -0.15) is 0 Å². The third-order valence-electron chi connectivity index (χ3n) is 2.70. The summed E-state index contributed by atoms with van der Waals surface area (Å²) in [5, 5.41) is 6.21. The molecule has 21 heavy (non-hydrogen) atoms. The van der Waals surface area contributed by atoms with Gasteiger partial charge in [-0.3, -0.25) is 4.79 Å². The zero-order chi connectivity index (χ0) is 14.9. The van der Waals surface area contributed by atoms with Crippen LogP contribution in [0.1, 0.15) is 10.4 Å². The molecule has 6 nitrogen and oxygen atoms in total. The van der Waals surface area contributed by atoms with Crippen molar-refractivity contribution >= 4 is 11.6 Å². The van der Waals surface area contributed by atoms with E-state index in [1.807, 2.05) is 30.3 Å². The van der Waals surface area contributed by atoms with E-state index in [0.717, 1.165) is 5.75 Å². The smallest absolute Gasteiger partial charge is 0.251 e. The van der Waals surface area contributed by atoms with Crippen LogP contribution in [0, 0.1) is 0 Å². The van der Waals surface area contributed by atoms with Crippen LogP contribution in [0.3, 0.4) is 0 Å². The number of carbonyl (C=O) groups is 1. The molecule has 0 atom stereocenters. The third-order valence-corrected chi connectivity index (χ3v) is 2.70. The van der Waals surface area contributed by atoms with Gasteiger partial charge in [0, 0.05) is 10.5 Å². The second kappa shape index (κ2) is 7.57. The Labute approximate surface area is 122 Å². The van der Waals surface area contributed by atoms with Gasteiger partial charge in [0.25, 0.3) is 5.91 Å². The maximum Gasteiger partial charge on any atom is 0.251 e. The van der Waals surface area contributed by atoms with Gasteiger partial charge in [0.15, 0.2) is 0 Å². The van der Waals surface area contributed by atoms with Crippen molar-refractivity contribution in [2.45, 2.75) is 0 Å². The highest BCUT2D eigenvalue weighted by Crippen LogP contribution is 2.18. The number of nitrogens with zero attached hydrogens (tertiary/aromatic N) is 3. The fraction of sp³-hybridized carbons (Fsp3) is 0.133. The minimum atomic E-state index is -0.297. The van der Waals surface area contributed by atoms with Gasteiger partial charge < -0.3 is 10.1 Å². The summed E-state index contributed by atoms with van der Waals surface area (Å²) in [6.07, 6.45) is 0. The Hall–Kier alpha value is -2.98. The van der Waals surface area contributed by atoms with Gasteiger partial charge in [-0.25, -0.2) is 0 Å². The topological polar surface area (TPSA) is 87.1 Å². The lowest BCUT2D eigenvalue weighted by Crippen LogP contribution is -2.28. The highest BCUT2D eigenvalue weighted by molar-refractivity contribution is 5.98. The molecule has 0 radical (unpaired) electrons. The molecular weight excluding hydrogens is 268 g/mol. The Morgan fingerprint density at radius 1 is 1.14 bits per heavy atom. The second-order valence-electron chi connectivity index (χ2n) is 4.12. The van der Waals surface area contributed by atoms with Gasteiger partial charge in [-0.15, -0.1) is 0 Å². The number of para-hydroxylation sites is 1. The van der Waals surface area contributed by atoms with Crippen molar-refractivity contribution in [3.63, 3.8) is 0 Å². The molecule has 2 aromatic rings. The van der Waals surface area contributed by atoms with Crippen LogP contribution in [-0.2, 0) is 0 Å². The molecule has 6 heteroatoms. The molecule has 2 aromatic carbocycles. The van der Waals surface area contributed by atoms with E-state index in [1.165, 1.54) is 0 Å². The molecule has 0 aromatic heterocycles. The third kappa shape index (κ3) is 4.26. The number of benzene rings is 2. The largest absolute Gasteiger partial charge is 0.492 e. The quantitative estimate of drug-likeness (QED) is 0.381. The van der Waals surface area contributed by atoms with E-state index in [4.69, 9.17) is 10.3 Å². The molecule has 0 aliphatic heterocycles. The van der Waals surface area contributed by atoms with Crippen LogP contribution < -0.4 is 10.1 Å². The number of nitrogens with one attached hydrogen (secondary N) is 1. The maximum absolute atomic E-state index is 12.0. The fourth-order valence-corrected chi connectivity index (χ4v) is 1.75. The predicted octanol–water partition coefficient (Wildman–Crippen LogP) is 3.44. The maximum atomic E-state index is 12.0. The molecule has 0 fully saturated rings. The molecule has 0 unspecified atom stereocenters. The van der Waals surface area contributed by atoms with Crippen molar-refractivity contribution in [2.75, 3.05) is 13.2 Å². The van der Waals surface area contributed by atoms with E-state index in [-0.39, 0.29) is 5.91 Å². The Balaban J connectivity index is 1.86. The van der Waals surface area contributed by atoms with Crippen molar-refractivity contribution in [2.24, 2.45) is 5.11 Å². The first-order valence-corrected chi connectivity index (χ1v) is 6.41. The van der Waals surface area contributed by atoms with E-state index in [9.17, 15) is 4.79 Å². The van der Waals surface area contributed by atoms with E-state index in [2.05, 4.69) is 15.3 Å². The second-order valence-corrected chi connectivity index (χ2v) is 4.12. The first kappa shape index (κ1) is 14.4. The van der Waals surface area contributed by atoms with Gasteiger partial charge in [0.1, 0.15) is 12.4 Å². The standard InChI is InChI=1S/C15H14N4O2/c16-19-18-14-9-5-4-8-13(14)15(20)17-10-11-21-12-6-2-1-3-7-12/h1-9H,10-11H2,(H,17,20). The summed E-state index contributed by atoms with van der Waals surface area (Å²) in [4.78, 5) is 14.7. The minimum absolute atomic E-state index is 0.297. The number of hydrogen-bond donors (Lipinski definition) is 1. The molecule has 0 saturated heterocycles. The normalized spacial score (nSPS) is 9.52. The number of hydrogen-bond acceptors (Lipinski definition) is 3. The van der Waals surface area contributed by atoms with Crippen molar-refractivity contribution in [1.29, 1.82) is 0 Å². The number of amides is 1. The molecule has 1 amide bonds. The van der Waals surface area contributed by atoms with E-state index in [0.29, 0.717) is 24.4 Å². The van der Waals surface area contributed by atoms with Crippen LogP contribution >= 0.6 is 0 Å². The molecule has 1 N–H and O–H groups in total. The lowest BCUT2D eigenvalue weighted by molar-refractivity contribution is 0.0947. The van der Waals surface area contributed by atoms with Gasteiger partial charge in [-0.05, 0) is 23.7 Å². The molecule has 106 valence electrons. The molecular formula is C15H14N4O2. The zero-order valence-corrected chi connectivity index (χ0v) is 11.3. The van der Waals surface area contributed by atoms with Crippen LogP contribution in [0.5, 0.6) is 5.75 Å². The van der Waals surface area contributed by atoms with Crippen molar-refractivity contribution in [3.8, 4) is 5.75 Å². The van der Waals surface area contributed by atoms with Crippen LogP contribution in [-0.4, -0.2) is 19.1 Å². The zero-order valence-electron chi connectivity index (χ0n) is 11.3. The predicted molar refractivity (Wildman–Crippen MR) is 79.5 cm³/mol. The minimum Gasteiger partial charge on any atom is -0.492 e. The summed E-state index contributed by atoms with van der Waals surface area (Å²) in [7, 11) is 0.